The molecule has 2 aromatic heterocycles. The SMILES string of the molecule is CC1(C)CCC(C)(C)c2cc3c(cc21)c1ccccc1n3-c1cccc(-c2nc(-c3ccc4ccccc4c3)nc(-c3cccc4c3-c3ccccc3C4(C)C)n2)c1. The Hall–Kier alpha value is -6.39. The summed E-state index contributed by atoms with van der Waals surface area (Å²) < 4.78 is 2.45. The Kier molecular flexibility index (Phi) is 7.39. The number of hydrogen-bond acceptors (Lipinski definition) is 3. The lowest BCUT2D eigenvalue weighted by molar-refractivity contribution is 0.332. The number of fused-ring (bicyclic) bond motifs is 8. The van der Waals surface area contributed by atoms with Crippen molar-refractivity contribution in [3.63, 3.8) is 0 Å². The predicted molar refractivity (Wildman–Crippen MR) is 241 cm³/mol. The molecule has 2 heterocycles. The van der Waals surface area contributed by atoms with Gasteiger partial charge in [-0.2, -0.15) is 0 Å². The van der Waals surface area contributed by atoms with Crippen molar-refractivity contribution in [2.45, 2.75) is 70.6 Å². The van der Waals surface area contributed by atoms with Crippen LogP contribution in [-0.4, -0.2) is 19.5 Å². The third-order valence-corrected chi connectivity index (χ3v) is 13.5. The molecule has 7 aromatic carbocycles. The first kappa shape index (κ1) is 34.8. The zero-order chi connectivity index (χ0) is 39.6. The lowest BCUT2D eigenvalue weighted by Gasteiger charge is -2.42. The molecule has 2 aliphatic carbocycles. The molecule has 0 radical (unpaired) electrons. The second kappa shape index (κ2) is 12.3. The smallest absolute Gasteiger partial charge is 0.164 e. The fraction of sp³-hybridized carbons (Fsp3) is 0.204. The van der Waals surface area contributed by atoms with Gasteiger partial charge in [0.15, 0.2) is 17.5 Å². The molecule has 0 aliphatic heterocycles. The van der Waals surface area contributed by atoms with Crippen LogP contribution in [0.4, 0.5) is 0 Å². The van der Waals surface area contributed by atoms with E-state index in [4.69, 9.17) is 15.0 Å². The number of benzene rings is 7. The van der Waals surface area contributed by atoms with Crippen LogP contribution in [0.25, 0.3) is 83.6 Å². The molecule has 0 atom stereocenters. The summed E-state index contributed by atoms with van der Waals surface area (Å²) in [4.78, 5) is 15.9. The monoisotopic (exact) mass is 750 g/mol. The molecule has 11 rings (SSSR count). The summed E-state index contributed by atoms with van der Waals surface area (Å²) >= 11 is 0. The second-order valence-electron chi connectivity index (χ2n) is 18.4. The van der Waals surface area contributed by atoms with Gasteiger partial charge in [-0.3, -0.25) is 0 Å². The van der Waals surface area contributed by atoms with Gasteiger partial charge in [0.05, 0.1) is 11.0 Å². The molecule has 0 unspecified atom stereocenters. The summed E-state index contributed by atoms with van der Waals surface area (Å²) in [7, 11) is 0. The molecule has 9 aromatic rings. The fourth-order valence-corrected chi connectivity index (χ4v) is 10.1. The largest absolute Gasteiger partial charge is 0.309 e. The van der Waals surface area contributed by atoms with Crippen molar-refractivity contribution in [3.05, 3.63) is 168 Å². The van der Waals surface area contributed by atoms with Crippen molar-refractivity contribution in [2.24, 2.45) is 0 Å². The van der Waals surface area contributed by atoms with Gasteiger partial charge in [0.1, 0.15) is 0 Å². The Morgan fingerprint density at radius 1 is 0.431 bits per heavy atom. The number of para-hydroxylation sites is 1. The van der Waals surface area contributed by atoms with Gasteiger partial charge in [-0.05, 0) is 104 Å². The molecule has 58 heavy (non-hydrogen) atoms. The number of aromatic nitrogens is 4. The van der Waals surface area contributed by atoms with Crippen molar-refractivity contribution >= 4 is 32.6 Å². The predicted octanol–water partition coefficient (Wildman–Crippen LogP) is 13.8. The van der Waals surface area contributed by atoms with E-state index in [1.807, 2.05) is 0 Å². The topological polar surface area (TPSA) is 43.6 Å². The van der Waals surface area contributed by atoms with E-state index >= 15 is 0 Å². The molecule has 0 amide bonds. The highest BCUT2D eigenvalue weighted by molar-refractivity contribution is 6.10. The van der Waals surface area contributed by atoms with Crippen molar-refractivity contribution in [3.8, 4) is 51.0 Å². The van der Waals surface area contributed by atoms with E-state index in [2.05, 4.69) is 192 Å². The summed E-state index contributed by atoms with van der Waals surface area (Å²) in [5, 5.41) is 4.91. The van der Waals surface area contributed by atoms with Gasteiger partial charge < -0.3 is 4.57 Å². The Balaban J connectivity index is 1.14. The number of hydrogen-bond donors (Lipinski definition) is 0. The molecular weight excluding hydrogens is 705 g/mol. The molecule has 4 heteroatoms. The highest BCUT2D eigenvalue weighted by Crippen LogP contribution is 2.52. The first-order chi connectivity index (χ1) is 28.0. The minimum atomic E-state index is -0.139. The maximum absolute atomic E-state index is 5.37. The fourth-order valence-electron chi connectivity index (χ4n) is 10.1. The number of nitrogens with zero attached hydrogens (tertiary/aromatic N) is 4. The molecule has 282 valence electrons. The third-order valence-electron chi connectivity index (χ3n) is 13.5. The number of rotatable bonds is 4. The summed E-state index contributed by atoms with van der Waals surface area (Å²) in [5.41, 5.74) is 14.5. The zero-order valence-electron chi connectivity index (χ0n) is 34.1. The average molecular weight is 751 g/mol. The van der Waals surface area contributed by atoms with Crippen LogP contribution in [0.2, 0.25) is 0 Å². The Morgan fingerprint density at radius 2 is 1.05 bits per heavy atom. The highest BCUT2D eigenvalue weighted by Gasteiger charge is 2.39. The lowest BCUT2D eigenvalue weighted by Crippen LogP contribution is -2.33. The van der Waals surface area contributed by atoms with Gasteiger partial charge in [0.25, 0.3) is 0 Å². The summed E-state index contributed by atoms with van der Waals surface area (Å²) in [5.74, 6) is 1.99. The van der Waals surface area contributed by atoms with Crippen molar-refractivity contribution in [2.75, 3.05) is 0 Å². The standard InChI is InChI=1S/C54H46N4/c1-52(2)27-28-53(3,4)45-32-47-41(31-44(45)52)38-19-10-12-24-46(38)58(47)37-18-13-17-35(30-37)49-55-50(36-26-25-33-15-7-8-16-34(33)29-36)57-51(56-49)40-21-14-23-43-48(40)39-20-9-11-22-42(39)54(43,5)6/h7-26,29-32H,27-28H2,1-6H3. The molecule has 4 nitrogen and oxygen atoms in total. The Bertz CT molecular complexity index is 3160. The van der Waals surface area contributed by atoms with Crippen LogP contribution >= 0.6 is 0 Å². The van der Waals surface area contributed by atoms with E-state index in [0.717, 1.165) is 27.8 Å². The van der Waals surface area contributed by atoms with Crippen LogP contribution in [-0.2, 0) is 16.2 Å². The molecule has 0 bridgehead atoms. The maximum atomic E-state index is 5.37. The summed E-state index contributed by atoms with van der Waals surface area (Å²) in [6.07, 6.45) is 2.35. The van der Waals surface area contributed by atoms with Crippen LogP contribution in [0.15, 0.2) is 146 Å². The van der Waals surface area contributed by atoms with Crippen LogP contribution in [0.5, 0.6) is 0 Å². The van der Waals surface area contributed by atoms with E-state index in [-0.39, 0.29) is 16.2 Å². The van der Waals surface area contributed by atoms with Gasteiger partial charge in [-0.1, -0.05) is 151 Å². The molecule has 0 saturated carbocycles. The summed E-state index contributed by atoms with van der Waals surface area (Å²) in [6.45, 7) is 14.3. The van der Waals surface area contributed by atoms with Crippen LogP contribution in [0.1, 0.15) is 76.6 Å². The highest BCUT2D eigenvalue weighted by atomic mass is 15.0. The molecule has 0 N–H and O–H groups in total. The second-order valence-corrected chi connectivity index (χ2v) is 18.4. The lowest BCUT2D eigenvalue weighted by atomic mass is 9.63. The van der Waals surface area contributed by atoms with Crippen LogP contribution < -0.4 is 0 Å². The Morgan fingerprint density at radius 3 is 1.86 bits per heavy atom. The summed E-state index contributed by atoms with van der Waals surface area (Å²) in [6, 6.07) is 53.0. The normalized spacial score (nSPS) is 16.0. The van der Waals surface area contributed by atoms with Gasteiger partial charge in [-0.25, -0.2) is 15.0 Å². The van der Waals surface area contributed by atoms with E-state index in [9.17, 15) is 0 Å². The van der Waals surface area contributed by atoms with Gasteiger partial charge in [0.2, 0.25) is 0 Å². The van der Waals surface area contributed by atoms with Crippen LogP contribution in [0.3, 0.4) is 0 Å². The molecular formula is C54H46N4. The van der Waals surface area contributed by atoms with Gasteiger partial charge in [0, 0.05) is 38.6 Å². The first-order valence-corrected chi connectivity index (χ1v) is 20.7. The average Bonchev–Trinajstić information content (AvgIpc) is 3.70. The first-order valence-electron chi connectivity index (χ1n) is 20.7. The molecule has 0 spiro atoms. The van der Waals surface area contributed by atoms with E-state index in [1.165, 1.54) is 73.4 Å². The van der Waals surface area contributed by atoms with Crippen molar-refractivity contribution in [1.82, 2.24) is 19.5 Å². The Labute approximate surface area is 340 Å². The van der Waals surface area contributed by atoms with Gasteiger partial charge in [-0.15, -0.1) is 0 Å². The van der Waals surface area contributed by atoms with Crippen LogP contribution in [0, 0.1) is 0 Å². The molecule has 2 aliphatic rings. The van der Waals surface area contributed by atoms with E-state index in [0.29, 0.717) is 17.5 Å². The van der Waals surface area contributed by atoms with Gasteiger partial charge >= 0.3 is 0 Å². The molecule has 0 fully saturated rings. The van der Waals surface area contributed by atoms with Crippen molar-refractivity contribution in [1.29, 1.82) is 0 Å². The van der Waals surface area contributed by atoms with E-state index < -0.39 is 0 Å². The third kappa shape index (κ3) is 5.17. The molecule has 0 saturated heterocycles. The van der Waals surface area contributed by atoms with Crippen molar-refractivity contribution < 1.29 is 0 Å². The minimum Gasteiger partial charge on any atom is -0.309 e. The zero-order valence-corrected chi connectivity index (χ0v) is 34.1. The maximum Gasteiger partial charge on any atom is 0.164 e. The van der Waals surface area contributed by atoms with E-state index in [1.54, 1.807) is 0 Å². The minimum absolute atomic E-state index is 0.0932. The quantitative estimate of drug-likeness (QED) is 0.180.